The summed E-state index contributed by atoms with van der Waals surface area (Å²) < 4.78 is 5.28. The molecule has 0 atom stereocenters. The van der Waals surface area contributed by atoms with Crippen molar-refractivity contribution in [3.8, 4) is 11.3 Å². The number of benzene rings is 2. The van der Waals surface area contributed by atoms with Crippen LogP contribution in [0.1, 0.15) is 12.6 Å². The molecule has 0 saturated heterocycles. The van der Waals surface area contributed by atoms with E-state index in [1.54, 1.807) is 30.3 Å². The number of amides is 2. The number of hydrogen-bond acceptors (Lipinski definition) is 4. The Hall–Kier alpha value is -3.41. The molecule has 0 fully saturated rings. The highest BCUT2D eigenvalue weighted by Crippen LogP contribution is 2.20. The molecule has 1 heterocycles. The first-order valence-electron chi connectivity index (χ1n) is 7.79. The van der Waals surface area contributed by atoms with Crippen molar-refractivity contribution in [2.75, 3.05) is 10.6 Å². The summed E-state index contributed by atoms with van der Waals surface area (Å²) in [6.45, 7) is 1.44. The zero-order valence-electron chi connectivity index (χ0n) is 13.7. The van der Waals surface area contributed by atoms with Crippen LogP contribution in [0.5, 0.6) is 0 Å². The molecular weight excluding hydrogens is 318 g/mol. The molecule has 2 aromatic carbocycles. The summed E-state index contributed by atoms with van der Waals surface area (Å²) in [7, 11) is 0. The third-order valence-corrected chi connectivity index (χ3v) is 3.45. The smallest absolute Gasteiger partial charge is 0.230 e. The van der Waals surface area contributed by atoms with Crippen molar-refractivity contribution in [1.82, 2.24) is 5.16 Å². The van der Waals surface area contributed by atoms with E-state index in [9.17, 15) is 9.59 Å². The van der Waals surface area contributed by atoms with E-state index in [2.05, 4.69) is 15.8 Å². The Morgan fingerprint density at radius 2 is 1.60 bits per heavy atom. The van der Waals surface area contributed by atoms with Gasteiger partial charge in [0.2, 0.25) is 11.8 Å². The maximum atomic E-state index is 12.1. The molecule has 0 aliphatic carbocycles. The Labute approximate surface area is 144 Å². The second-order valence-corrected chi connectivity index (χ2v) is 5.53. The molecule has 25 heavy (non-hydrogen) atoms. The minimum Gasteiger partial charge on any atom is -0.356 e. The quantitative estimate of drug-likeness (QED) is 0.747. The van der Waals surface area contributed by atoms with Crippen molar-refractivity contribution in [3.63, 3.8) is 0 Å². The van der Waals surface area contributed by atoms with E-state index in [4.69, 9.17) is 4.52 Å². The van der Waals surface area contributed by atoms with Gasteiger partial charge in [0, 0.05) is 29.9 Å². The summed E-state index contributed by atoms with van der Waals surface area (Å²) in [6.07, 6.45) is 0.115. The average Bonchev–Trinajstić information content (AvgIpc) is 3.05. The zero-order valence-corrected chi connectivity index (χ0v) is 13.7. The van der Waals surface area contributed by atoms with Gasteiger partial charge in [0.25, 0.3) is 0 Å². The second kappa shape index (κ2) is 7.44. The Morgan fingerprint density at radius 3 is 2.24 bits per heavy atom. The third kappa shape index (κ3) is 4.54. The zero-order chi connectivity index (χ0) is 17.6. The third-order valence-electron chi connectivity index (χ3n) is 3.45. The van der Waals surface area contributed by atoms with Crippen LogP contribution in [0.3, 0.4) is 0 Å². The fourth-order valence-electron chi connectivity index (χ4n) is 2.34. The van der Waals surface area contributed by atoms with E-state index in [0.29, 0.717) is 22.8 Å². The fourth-order valence-corrected chi connectivity index (χ4v) is 2.34. The first-order chi connectivity index (χ1) is 12.1. The molecule has 3 aromatic rings. The fraction of sp³-hybridized carbons (Fsp3) is 0.105. The molecule has 0 aliphatic heterocycles. The van der Waals surface area contributed by atoms with Crippen molar-refractivity contribution >= 4 is 23.2 Å². The van der Waals surface area contributed by atoms with Gasteiger partial charge in [-0.15, -0.1) is 0 Å². The lowest BCUT2D eigenvalue weighted by Crippen LogP contribution is -2.14. The summed E-state index contributed by atoms with van der Waals surface area (Å²) in [5.74, 6) is 0.292. The predicted octanol–water partition coefficient (Wildman–Crippen LogP) is 3.48. The van der Waals surface area contributed by atoms with Gasteiger partial charge in [-0.05, 0) is 24.3 Å². The van der Waals surface area contributed by atoms with Gasteiger partial charge in [-0.25, -0.2) is 0 Å². The summed E-state index contributed by atoms with van der Waals surface area (Å²) in [4.78, 5) is 23.1. The molecular formula is C19H17N3O3. The van der Waals surface area contributed by atoms with Crippen LogP contribution in [0, 0.1) is 0 Å². The molecule has 0 saturated carbocycles. The van der Waals surface area contributed by atoms with E-state index in [0.717, 1.165) is 5.56 Å². The van der Waals surface area contributed by atoms with Crippen LogP contribution < -0.4 is 10.6 Å². The van der Waals surface area contributed by atoms with E-state index >= 15 is 0 Å². The summed E-state index contributed by atoms with van der Waals surface area (Å²) in [5, 5.41) is 9.39. The number of hydrogen-bond donors (Lipinski definition) is 2. The van der Waals surface area contributed by atoms with Crippen LogP contribution in [0.25, 0.3) is 11.3 Å². The summed E-state index contributed by atoms with van der Waals surface area (Å²) >= 11 is 0. The van der Waals surface area contributed by atoms with Crippen molar-refractivity contribution < 1.29 is 14.1 Å². The van der Waals surface area contributed by atoms with E-state index in [-0.39, 0.29) is 18.2 Å². The largest absolute Gasteiger partial charge is 0.356 e. The number of carbonyl (C=O) groups is 2. The van der Waals surface area contributed by atoms with Gasteiger partial charge in [0.15, 0.2) is 5.76 Å². The highest BCUT2D eigenvalue weighted by Gasteiger charge is 2.11. The lowest BCUT2D eigenvalue weighted by molar-refractivity contribution is -0.116. The first kappa shape index (κ1) is 16.4. The van der Waals surface area contributed by atoms with E-state index in [1.165, 1.54) is 6.92 Å². The molecule has 2 amide bonds. The topological polar surface area (TPSA) is 84.2 Å². The Kier molecular flexibility index (Phi) is 4.89. The molecule has 0 radical (unpaired) electrons. The van der Waals surface area contributed by atoms with Gasteiger partial charge in [0.1, 0.15) is 0 Å². The standard InChI is InChI=1S/C19H17N3O3/c1-13(23)20-15-7-9-16(10-8-15)21-19(24)12-17-11-18(25-22-17)14-5-3-2-4-6-14/h2-11H,12H2,1H3,(H,20,23)(H,21,24). The van der Waals surface area contributed by atoms with Crippen LogP contribution in [0.15, 0.2) is 65.2 Å². The van der Waals surface area contributed by atoms with Crippen LogP contribution in [0.2, 0.25) is 0 Å². The molecule has 0 aliphatic rings. The van der Waals surface area contributed by atoms with E-state index < -0.39 is 0 Å². The molecule has 2 N–H and O–H groups in total. The van der Waals surface area contributed by atoms with Gasteiger partial charge in [-0.3, -0.25) is 9.59 Å². The van der Waals surface area contributed by atoms with Crippen LogP contribution in [-0.4, -0.2) is 17.0 Å². The van der Waals surface area contributed by atoms with Crippen molar-refractivity contribution in [2.45, 2.75) is 13.3 Å². The van der Waals surface area contributed by atoms with Gasteiger partial charge >= 0.3 is 0 Å². The highest BCUT2D eigenvalue weighted by atomic mass is 16.5. The Morgan fingerprint density at radius 1 is 0.960 bits per heavy atom. The van der Waals surface area contributed by atoms with Gasteiger partial charge < -0.3 is 15.2 Å². The molecule has 6 nitrogen and oxygen atoms in total. The maximum Gasteiger partial charge on any atom is 0.230 e. The molecule has 126 valence electrons. The Bertz CT molecular complexity index is 870. The molecule has 6 heteroatoms. The first-order valence-corrected chi connectivity index (χ1v) is 7.79. The molecule has 0 bridgehead atoms. The van der Waals surface area contributed by atoms with Gasteiger partial charge in [0.05, 0.1) is 12.1 Å². The minimum atomic E-state index is -0.194. The molecule has 3 rings (SSSR count). The number of anilines is 2. The minimum absolute atomic E-state index is 0.115. The van der Waals surface area contributed by atoms with Crippen LogP contribution in [-0.2, 0) is 16.0 Å². The normalized spacial score (nSPS) is 10.3. The number of nitrogens with one attached hydrogen (secondary N) is 2. The number of rotatable bonds is 5. The van der Waals surface area contributed by atoms with Crippen molar-refractivity contribution in [3.05, 3.63) is 66.4 Å². The van der Waals surface area contributed by atoms with Gasteiger partial charge in [-0.2, -0.15) is 0 Å². The lowest BCUT2D eigenvalue weighted by Gasteiger charge is -2.06. The van der Waals surface area contributed by atoms with Crippen molar-refractivity contribution in [1.29, 1.82) is 0 Å². The maximum absolute atomic E-state index is 12.1. The predicted molar refractivity (Wildman–Crippen MR) is 95.0 cm³/mol. The monoisotopic (exact) mass is 335 g/mol. The molecule has 1 aromatic heterocycles. The lowest BCUT2D eigenvalue weighted by atomic mass is 10.1. The van der Waals surface area contributed by atoms with Crippen LogP contribution in [0.4, 0.5) is 11.4 Å². The van der Waals surface area contributed by atoms with Crippen molar-refractivity contribution in [2.24, 2.45) is 0 Å². The average molecular weight is 335 g/mol. The summed E-state index contributed by atoms with van der Waals surface area (Å²) in [5.41, 5.74) is 2.79. The van der Waals surface area contributed by atoms with E-state index in [1.807, 2.05) is 30.3 Å². The number of carbonyl (C=O) groups excluding carboxylic acids is 2. The van der Waals surface area contributed by atoms with Crippen LogP contribution >= 0.6 is 0 Å². The highest BCUT2D eigenvalue weighted by molar-refractivity contribution is 5.93. The summed E-state index contributed by atoms with van der Waals surface area (Å²) in [6, 6.07) is 18.2. The second-order valence-electron chi connectivity index (χ2n) is 5.53. The SMILES string of the molecule is CC(=O)Nc1ccc(NC(=O)Cc2cc(-c3ccccc3)on2)cc1. The number of aromatic nitrogens is 1. The number of nitrogens with zero attached hydrogens (tertiary/aromatic N) is 1. The van der Waals surface area contributed by atoms with Gasteiger partial charge in [-0.1, -0.05) is 35.5 Å². The Balaban J connectivity index is 1.59. The molecule has 0 spiro atoms. The molecule has 0 unspecified atom stereocenters.